The minimum atomic E-state index is 0.148. The molecular formula is C12H14N2O2. The van der Waals surface area contributed by atoms with Crippen LogP contribution in [0.4, 0.5) is 0 Å². The van der Waals surface area contributed by atoms with E-state index in [-0.39, 0.29) is 5.75 Å². The van der Waals surface area contributed by atoms with Crippen molar-refractivity contribution in [3.8, 4) is 11.5 Å². The van der Waals surface area contributed by atoms with Gasteiger partial charge in [-0.15, -0.1) is 0 Å². The third-order valence-corrected chi connectivity index (χ3v) is 2.40. The van der Waals surface area contributed by atoms with Gasteiger partial charge in [0.25, 0.3) is 0 Å². The molecule has 2 aromatic rings. The van der Waals surface area contributed by atoms with Crippen LogP contribution in [0.3, 0.4) is 0 Å². The normalized spacial score (nSPS) is 10.4. The van der Waals surface area contributed by atoms with E-state index >= 15 is 0 Å². The molecule has 1 N–H and O–H groups in total. The van der Waals surface area contributed by atoms with E-state index in [1.165, 1.54) is 0 Å². The summed E-state index contributed by atoms with van der Waals surface area (Å²) in [5, 5.41) is 9.50. The van der Waals surface area contributed by atoms with Crippen LogP contribution in [0, 0.1) is 6.92 Å². The lowest BCUT2D eigenvalue weighted by Crippen LogP contribution is -1.95. The molecule has 0 fully saturated rings. The molecule has 0 aliphatic heterocycles. The summed E-state index contributed by atoms with van der Waals surface area (Å²) < 4.78 is 7.40. The second-order valence-corrected chi connectivity index (χ2v) is 3.65. The molecule has 0 atom stereocenters. The van der Waals surface area contributed by atoms with E-state index in [2.05, 4.69) is 4.98 Å². The van der Waals surface area contributed by atoms with E-state index in [9.17, 15) is 5.11 Å². The maximum atomic E-state index is 9.50. The summed E-state index contributed by atoms with van der Waals surface area (Å²) in [6.07, 6.45) is 1.91. The third-order valence-electron chi connectivity index (χ3n) is 2.40. The van der Waals surface area contributed by atoms with Crippen LogP contribution in [-0.2, 0) is 13.7 Å². The molecule has 1 aromatic heterocycles. The standard InChI is InChI=1S/C12H14N2O2/c1-9-13-10(7-14(9)2)8-16-12-6-4-3-5-11(12)15/h3-7,15H,8H2,1-2H3. The molecule has 1 heterocycles. The molecule has 0 unspecified atom stereocenters. The van der Waals surface area contributed by atoms with Gasteiger partial charge in [0.2, 0.25) is 0 Å². The molecular weight excluding hydrogens is 204 g/mol. The van der Waals surface area contributed by atoms with Crippen molar-refractivity contribution in [2.75, 3.05) is 0 Å². The van der Waals surface area contributed by atoms with Gasteiger partial charge in [0.05, 0.1) is 5.69 Å². The fourth-order valence-corrected chi connectivity index (χ4v) is 1.43. The topological polar surface area (TPSA) is 47.3 Å². The number of nitrogens with zero attached hydrogens (tertiary/aromatic N) is 2. The average Bonchev–Trinajstić information content (AvgIpc) is 2.57. The maximum Gasteiger partial charge on any atom is 0.161 e. The first-order valence-corrected chi connectivity index (χ1v) is 5.06. The number of hydrogen-bond acceptors (Lipinski definition) is 3. The summed E-state index contributed by atoms with van der Waals surface area (Å²) >= 11 is 0. The molecule has 0 radical (unpaired) electrons. The summed E-state index contributed by atoms with van der Waals surface area (Å²) in [5.74, 6) is 1.57. The van der Waals surface area contributed by atoms with E-state index in [1.54, 1.807) is 18.2 Å². The molecule has 2 rings (SSSR count). The molecule has 84 valence electrons. The summed E-state index contributed by atoms with van der Waals surface area (Å²) in [4.78, 5) is 4.31. The van der Waals surface area contributed by atoms with Gasteiger partial charge in [-0.3, -0.25) is 0 Å². The molecule has 0 aliphatic carbocycles. The SMILES string of the molecule is Cc1nc(COc2ccccc2O)cn1C. The Bertz CT molecular complexity index is 472. The zero-order chi connectivity index (χ0) is 11.5. The number of phenolic OH excluding ortho intramolecular Hbond substituents is 1. The van der Waals surface area contributed by atoms with Crippen LogP contribution in [0.1, 0.15) is 11.5 Å². The number of aromatic hydroxyl groups is 1. The predicted octanol–water partition coefficient (Wildman–Crippen LogP) is 2.01. The van der Waals surface area contributed by atoms with Gasteiger partial charge in [-0.25, -0.2) is 4.98 Å². The lowest BCUT2D eigenvalue weighted by Gasteiger charge is -2.05. The Hall–Kier alpha value is -1.97. The van der Waals surface area contributed by atoms with Gasteiger partial charge < -0.3 is 14.4 Å². The highest BCUT2D eigenvalue weighted by molar-refractivity contribution is 5.37. The minimum Gasteiger partial charge on any atom is -0.504 e. The molecule has 0 amide bonds. The molecule has 0 aliphatic rings. The Labute approximate surface area is 94.1 Å². The Balaban J connectivity index is 2.05. The van der Waals surface area contributed by atoms with Crippen LogP contribution in [0.15, 0.2) is 30.5 Å². The largest absolute Gasteiger partial charge is 0.504 e. The monoisotopic (exact) mass is 218 g/mol. The van der Waals surface area contributed by atoms with Crippen LogP contribution < -0.4 is 4.74 Å². The Morgan fingerprint density at radius 2 is 2.12 bits per heavy atom. The van der Waals surface area contributed by atoms with Crippen LogP contribution in [0.2, 0.25) is 0 Å². The summed E-state index contributed by atoms with van der Waals surface area (Å²) in [5.41, 5.74) is 0.850. The molecule has 0 saturated heterocycles. The highest BCUT2D eigenvalue weighted by Gasteiger charge is 2.04. The highest BCUT2D eigenvalue weighted by Crippen LogP contribution is 2.25. The van der Waals surface area contributed by atoms with Gasteiger partial charge in [0, 0.05) is 13.2 Å². The van der Waals surface area contributed by atoms with E-state index in [0.717, 1.165) is 11.5 Å². The second kappa shape index (κ2) is 4.26. The van der Waals surface area contributed by atoms with Crippen molar-refractivity contribution >= 4 is 0 Å². The van der Waals surface area contributed by atoms with Gasteiger partial charge in [0.1, 0.15) is 12.4 Å². The number of rotatable bonds is 3. The van der Waals surface area contributed by atoms with Crippen molar-refractivity contribution in [3.63, 3.8) is 0 Å². The molecule has 4 heteroatoms. The summed E-state index contributed by atoms with van der Waals surface area (Å²) in [7, 11) is 1.94. The molecule has 4 nitrogen and oxygen atoms in total. The maximum absolute atomic E-state index is 9.50. The molecule has 0 spiro atoms. The van der Waals surface area contributed by atoms with Crippen molar-refractivity contribution in [3.05, 3.63) is 42.0 Å². The van der Waals surface area contributed by atoms with Crippen molar-refractivity contribution in [1.29, 1.82) is 0 Å². The summed E-state index contributed by atoms with van der Waals surface area (Å²) in [6.45, 7) is 2.29. The zero-order valence-corrected chi connectivity index (χ0v) is 9.34. The first-order chi connectivity index (χ1) is 7.66. The van der Waals surface area contributed by atoms with Crippen molar-refractivity contribution in [1.82, 2.24) is 9.55 Å². The number of hydrogen-bond donors (Lipinski definition) is 1. The smallest absolute Gasteiger partial charge is 0.161 e. The highest BCUT2D eigenvalue weighted by atomic mass is 16.5. The number of phenols is 1. The number of para-hydroxylation sites is 2. The molecule has 1 aromatic carbocycles. The van der Waals surface area contributed by atoms with Gasteiger partial charge >= 0.3 is 0 Å². The van der Waals surface area contributed by atoms with E-state index in [0.29, 0.717) is 12.4 Å². The van der Waals surface area contributed by atoms with Gasteiger partial charge in [-0.2, -0.15) is 0 Å². The lowest BCUT2D eigenvalue weighted by atomic mass is 10.3. The van der Waals surface area contributed by atoms with Crippen LogP contribution in [0.25, 0.3) is 0 Å². The molecule has 0 bridgehead atoms. The predicted molar refractivity (Wildman–Crippen MR) is 60.4 cm³/mol. The Morgan fingerprint density at radius 1 is 1.38 bits per heavy atom. The first kappa shape index (κ1) is 10.5. The minimum absolute atomic E-state index is 0.148. The van der Waals surface area contributed by atoms with Crippen molar-refractivity contribution in [2.24, 2.45) is 7.05 Å². The number of benzene rings is 1. The van der Waals surface area contributed by atoms with Crippen LogP contribution >= 0.6 is 0 Å². The molecule has 16 heavy (non-hydrogen) atoms. The number of aromatic nitrogens is 2. The van der Waals surface area contributed by atoms with Gasteiger partial charge in [-0.05, 0) is 19.1 Å². The van der Waals surface area contributed by atoms with Crippen LogP contribution in [0.5, 0.6) is 11.5 Å². The van der Waals surface area contributed by atoms with Gasteiger partial charge in [0.15, 0.2) is 11.5 Å². The van der Waals surface area contributed by atoms with Crippen molar-refractivity contribution in [2.45, 2.75) is 13.5 Å². The van der Waals surface area contributed by atoms with E-state index < -0.39 is 0 Å². The number of ether oxygens (including phenoxy) is 1. The Morgan fingerprint density at radius 3 is 2.75 bits per heavy atom. The number of aryl methyl sites for hydroxylation is 2. The fourth-order valence-electron chi connectivity index (χ4n) is 1.43. The second-order valence-electron chi connectivity index (χ2n) is 3.65. The number of imidazole rings is 1. The third kappa shape index (κ3) is 2.16. The van der Waals surface area contributed by atoms with Crippen LogP contribution in [-0.4, -0.2) is 14.7 Å². The van der Waals surface area contributed by atoms with E-state index in [1.807, 2.05) is 30.8 Å². The van der Waals surface area contributed by atoms with E-state index in [4.69, 9.17) is 4.74 Å². The van der Waals surface area contributed by atoms with Gasteiger partial charge in [-0.1, -0.05) is 12.1 Å². The Kier molecular flexibility index (Phi) is 2.81. The first-order valence-electron chi connectivity index (χ1n) is 5.06. The van der Waals surface area contributed by atoms with Crippen molar-refractivity contribution < 1.29 is 9.84 Å². The lowest BCUT2D eigenvalue weighted by molar-refractivity contribution is 0.285. The average molecular weight is 218 g/mol. The fraction of sp³-hybridized carbons (Fsp3) is 0.250. The summed E-state index contributed by atoms with van der Waals surface area (Å²) in [6, 6.07) is 6.90. The zero-order valence-electron chi connectivity index (χ0n) is 9.34. The molecule has 0 saturated carbocycles. The quantitative estimate of drug-likeness (QED) is 0.857.